The summed E-state index contributed by atoms with van der Waals surface area (Å²) in [5.41, 5.74) is -0.874. The van der Waals surface area contributed by atoms with Crippen molar-refractivity contribution in [1.29, 1.82) is 0 Å². The Morgan fingerprint density at radius 2 is 1.66 bits per heavy atom. The van der Waals surface area contributed by atoms with Crippen LogP contribution in [0.4, 0.5) is 32.0 Å². The lowest BCUT2D eigenvalue weighted by Crippen LogP contribution is -2.15. The number of ether oxygens (including phenoxy) is 1. The minimum absolute atomic E-state index is 0.0690. The van der Waals surface area contributed by atoms with E-state index in [0.29, 0.717) is 6.07 Å². The van der Waals surface area contributed by atoms with E-state index in [1.807, 2.05) is 0 Å². The van der Waals surface area contributed by atoms with E-state index in [9.17, 15) is 34.8 Å². The van der Waals surface area contributed by atoms with Gasteiger partial charge in [0.05, 0.1) is 16.1 Å². The molecule has 0 saturated carbocycles. The zero-order valence-electron chi connectivity index (χ0n) is 15.6. The van der Waals surface area contributed by atoms with E-state index < -0.39 is 44.8 Å². The summed E-state index contributed by atoms with van der Waals surface area (Å²) in [6.45, 7) is -3.18. The standard InChI is InChI=1S/C20H12BrF6NO3S/c21-17-5-4-11(12-6-14(22)10-15(7-12)31-19(23)24)8-18(17)28-32(29,30)16-3-1-2-13(9-16)20(25,26)27/h1-10,19,28H. The van der Waals surface area contributed by atoms with Gasteiger partial charge in [-0.2, -0.15) is 22.0 Å². The van der Waals surface area contributed by atoms with Gasteiger partial charge < -0.3 is 4.74 Å². The fraction of sp³-hybridized carbons (Fsp3) is 0.100. The maximum Gasteiger partial charge on any atom is 0.416 e. The molecular formula is C20H12BrF6NO3S. The SMILES string of the molecule is O=S(=O)(Nc1cc(-c2cc(F)cc(OC(F)F)c2)ccc1Br)c1cccc(C(F)(F)F)c1. The molecule has 0 saturated heterocycles. The van der Waals surface area contributed by atoms with Crippen LogP contribution in [0.5, 0.6) is 5.75 Å². The lowest BCUT2D eigenvalue weighted by Gasteiger charge is -2.14. The number of halogens is 7. The van der Waals surface area contributed by atoms with Gasteiger partial charge in [-0.1, -0.05) is 12.1 Å². The molecule has 0 radical (unpaired) electrons. The summed E-state index contributed by atoms with van der Waals surface area (Å²) in [5, 5.41) is 0. The van der Waals surface area contributed by atoms with Crippen LogP contribution in [0.15, 0.2) is 70.0 Å². The molecule has 0 aliphatic carbocycles. The predicted molar refractivity (Wildman–Crippen MR) is 108 cm³/mol. The van der Waals surface area contributed by atoms with Crippen LogP contribution >= 0.6 is 15.9 Å². The lowest BCUT2D eigenvalue weighted by atomic mass is 10.0. The molecule has 4 nitrogen and oxygen atoms in total. The van der Waals surface area contributed by atoms with Gasteiger partial charge in [-0.15, -0.1) is 0 Å². The Labute approximate surface area is 187 Å². The maximum absolute atomic E-state index is 13.8. The zero-order chi connectivity index (χ0) is 23.7. The predicted octanol–water partition coefficient (Wildman–Crippen LogP) is 6.68. The molecule has 0 heterocycles. The van der Waals surface area contributed by atoms with E-state index in [2.05, 4.69) is 25.4 Å². The summed E-state index contributed by atoms with van der Waals surface area (Å²) in [5.74, 6) is -1.31. The molecule has 1 N–H and O–H groups in total. The molecule has 3 aromatic rings. The molecular weight excluding hydrogens is 528 g/mol. The lowest BCUT2D eigenvalue weighted by molar-refractivity contribution is -0.137. The largest absolute Gasteiger partial charge is 0.435 e. The summed E-state index contributed by atoms with van der Waals surface area (Å²) in [6, 6.07) is 10.2. The first kappa shape index (κ1) is 23.9. The molecule has 0 aliphatic heterocycles. The van der Waals surface area contributed by atoms with Crippen molar-refractivity contribution >= 4 is 31.6 Å². The number of hydrogen-bond acceptors (Lipinski definition) is 3. The Kier molecular flexibility index (Phi) is 6.75. The highest BCUT2D eigenvalue weighted by Crippen LogP contribution is 2.34. The monoisotopic (exact) mass is 539 g/mol. The van der Waals surface area contributed by atoms with Gasteiger partial charge in [0.1, 0.15) is 11.6 Å². The van der Waals surface area contributed by atoms with Crippen molar-refractivity contribution in [3.05, 3.63) is 76.5 Å². The first-order chi connectivity index (χ1) is 14.8. The van der Waals surface area contributed by atoms with Gasteiger partial charge in [0, 0.05) is 10.5 Å². The van der Waals surface area contributed by atoms with Gasteiger partial charge in [0.15, 0.2) is 0 Å². The quantitative estimate of drug-likeness (QED) is 0.355. The molecule has 0 unspecified atom stereocenters. The third-order valence-corrected chi connectivity index (χ3v) is 6.17. The van der Waals surface area contributed by atoms with Gasteiger partial charge in [-0.25, -0.2) is 12.8 Å². The number of sulfonamides is 1. The number of hydrogen-bond donors (Lipinski definition) is 1. The fourth-order valence-electron chi connectivity index (χ4n) is 2.73. The second-order valence-electron chi connectivity index (χ2n) is 6.38. The Hall–Kier alpha value is -2.73. The first-order valence-corrected chi connectivity index (χ1v) is 10.9. The van der Waals surface area contributed by atoms with Crippen LogP contribution in [-0.4, -0.2) is 15.0 Å². The van der Waals surface area contributed by atoms with E-state index in [0.717, 1.165) is 36.4 Å². The van der Waals surface area contributed by atoms with Crippen molar-refractivity contribution in [2.75, 3.05) is 4.72 Å². The highest BCUT2D eigenvalue weighted by Gasteiger charge is 2.31. The molecule has 0 aliphatic rings. The van der Waals surface area contributed by atoms with Crippen molar-refractivity contribution in [1.82, 2.24) is 0 Å². The average Bonchev–Trinajstić information content (AvgIpc) is 2.68. The van der Waals surface area contributed by atoms with Gasteiger partial charge >= 0.3 is 12.8 Å². The second kappa shape index (κ2) is 9.02. The molecule has 0 fully saturated rings. The van der Waals surface area contributed by atoms with Crippen LogP contribution in [0, 0.1) is 5.82 Å². The fourth-order valence-corrected chi connectivity index (χ4v) is 4.32. The van der Waals surface area contributed by atoms with Gasteiger partial charge in [-0.3, -0.25) is 4.72 Å². The van der Waals surface area contributed by atoms with Crippen molar-refractivity contribution in [3.63, 3.8) is 0 Å². The van der Waals surface area contributed by atoms with Crippen LogP contribution in [0.2, 0.25) is 0 Å². The Bertz CT molecular complexity index is 1250. The number of anilines is 1. The molecule has 0 bridgehead atoms. The van der Waals surface area contributed by atoms with Crippen LogP contribution in [-0.2, 0) is 16.2 Å². The molecule has 0 amide bonds. The Balaban J connectivity index is 1.98. The van der Waals surface area contributed by atoms with E-state index in [-0.39, 0.29) is 21.3 Å². The minimum atomic E-state index is -4.73. The topological polar surface area (TPSA) is 55.4 Å². The molecule has 170 valence electrons. The van der Waals surface area contributed by atoms with Crippen LogP contribution in [0.3, 0.4) is 0 Å². The highest BCUT2D eigenvalue weighted by atomic mass is 79.9. The molecule has 32 heavy (non-hydrogen) atoms. The van der Waals surface area contributed by atoms with E-state index in [1.54, 1.807) is 0 Å². The van der Waals surface area contributed by atoms with Crippen LogP contribution in [0.25, 0.3) is 11.1 Å². The summed E-state index contributed by atoms with van der Waals surface area (Å²) in [7, 11) is -4.43. The third kappa shape index (κ3) is 5.74. The minimum Gasteiger partial charge on any atom is -0.435 e. The van der Waals surface area contributed by atoms with Gasteiger partial charge in [0.25, 0.3) is 10.0 Å². The Morgan fingerprint density at radius 3 is 2.31 bits per heavy atom. The van der Waals surface area contributed by atoms with E-state index in [4.69, 9.17) is 0 Å². The summed E-state index contributed by atoms with van der Waals surface area (Å²) >= 11 is 3.13. The molecule has 0 atom stereocenters. The van der Waals surface area contributed by atoms with Gasteiger partial charge in [-0.05, 0) is 69.5 Å². The van der Waals surface area contributed by atoms with E-state index in [1.165, 1.54) is 18.2 Å². The van der Waals surface area contributed by atoms with Crippen LogP contribution < -0.4 is 9.46 Å². The van der Waals surface area contributed by atoms with E-state index >= 15 is 0 Å². The van der Waals surface area contributed by atoms with Crippen LogP contribution in [0.1, 0.15) is 5.56 Å². The summed E-state index contributed by atoms with van der Waals surface area (Å²) in [6.07, 6.45) is -4.73. The average molecular weight is 540 g/mol. The van der Waals surface area contributed by atoms with Crippen molar-refractivity contribution in [2.45, 2.75) is 17.7 Å². The molecule has 12 heteroatoms. The number of nitrogens with one attached hydrogen (secondary N) is 1. The zero-order valence-corrected chi connectivity index (χ0v) is 18.0. The first-order valence-electron chi connectivity index (χ1n) is 8.60. The summed E-state index contributed by atoms with van der Waals surface area (Å²) in [4.78, 5) is -0.622. The normalized spacial score (nSPS) is 12.1. The van der Waals surface area contributed by atoms with Crippen molar-refractivity contribution < 1.29 is 39.5 Å². The molecule has 0 spiro atoms. The maximum atomic E-state index is 13.8. The van der Waals surface area contributed by atoms with Crippen molar-refractivity contribution in [3.8, 4) is 16.9 Å². The third-order valence-electron chi connectivity index (χ3n) is 4.11. The van der Waals surface area contributed by atoms with Crippen molar-refractivity contribution in [2.24, 2.45) is 0 Å². The number of alkyl halides is 5. The summed E-state index contributed by atoms with van der Waals surface area (Å²) < 4.78 is 109. The molecule has 3 rings (SSSR count). The van der Waals surface area contributed by atoms with Gasteiger partial charge in [0.2, 0.25) is 0 Å². The molecule has 0 aromatic heterocycles. The number of rotatable bonds is 6. The smallest absolute Gasteiger partial charge is 0.416 e. The Morgan fingerprint density at radius 1 is 0.938 bits per heavy atom. The highest BCUT2D eigenvalue weighted by molar-refractivity contribution is 9.10. The number of benzene rings is 3. The second-order valence-corrected chi connectivity index (χ2v) is 8.92. The molecule has 3 aromatic carbocycles.